The molecule has 0 radical (unpaired) electrons. The van der Waals surface area contributed by atoms with Gasteiger partial charge in [-0.25, -0.2) is 18.6 Å². The summed E-state index contributed by atoms with van der Waals surface area (Å²) in [7, 11) is 1.21. The predicted octanol–water partition coefficient (Wildman–Crippen LogP) is 3.23. The maximum absolute atomic E-state index is 13.7. The van der Waals surface area contributed by atoms with Crippen LogP contribution in [0, 0.1) is 11.6 Å². The van der Waals surface area contributed by atoms with Crippen molar-refractivity contribution < 1.29 is 18.3 Å². The van der Waals surface area contributed by atoms with Gasteiger partial charge in [0.25, 0.3) is 0 Å². The van der Waals surface area contributed by atoms with Crippen molar-refractivity contribution in [1.82, 2.24) is 4.98 Å². The molecule has 0 aliphatic carbocycles. The van der Waals surface area contributed by atoms with Crippen LogP contribution in [0.5, 0.6) is 0 Å². The largest absolute Gasteiger partial charge is 0.465 e. The number of nitrogen functional groups attached to an aromatic ring is 1. The fourth-order valence-electron chi connectivity index (χ4n) is 1.58. The average molecular weight is 358 g/mol. The highest BCUT2D eigenvalue weighted by molar-refractivity contribution is 9.10. The number of carbonyl (C=O) groups excluding carboxylic acids is 1. The molecule has 0 saturated carbocycles. The maximum Gasteiger partial charge on any atom is 0.340 e. The van der Waals surface area contributed by atoms with Crippen LogP contribution in [0.1, 0.15) is 10.4 Å². The number of aromatic nitrogens is 1. The van der Waals surface area contributed by atoms with E-state index < -0.39 is 17.6 Å². The molecule has 0 amide bonds. The van der Waals surface area contributed by atoms with E-state index in [1.165, 1.54) is 19.4 Å². The number of esters is 1. The zero-order valence-corrected chi connectivity index (χ0v) is 12.4. The number of pyridine rings is 1. The summed E-state index contributed by atoms with van der Waals surface area (Å²) in [5.41, 5.74) is 5.68. The van der Waals surface area contributed by atoms with Gasteiger partial charge in [-0.3, -0.25) is 0 Å². The van der Waals surface area contributed by atoms with Crippen LogP contribution in [-0.2, 0) is 4.74 Å². The number of nitrogens with one attached hydrogen (secondary N) is 1. The number of carbonyl (C=O) groups is 1. The highest BCUT2D eigenvalue weighted by Crippen LogP contribution is 2.26. The van der Waals surface area contributed by atoms with Crippen LogP contribution in [0.4, 0.5) is 26.0 Å². The van der Waals surface area contributed by atoms with Crippen molar-refractivity contribution in [3.05, 3.63) is 46.1 Å². The van der Waals surface area contributed by atoms with E-state index in [2.05, 4.69) is 31.0 Å². The lowest BCUT2D eigenvalue weighted by Gasteiger charge is -2.10. The molecule has 2 rings (SSSR count). The summed E-state index contributed by atoms with van der Waals surface area (Å²) in [4.78, 5) is 15.4. The van der Waals surface area contributed by atoms with Crippen LogP contribution < -0.4 is 11.1 Å². The Kier molecular flexibility index (Phi) is 4.37. The molecule has 0 aliphatic rings. The van der Waals surface area contributed by atoms with E-state index >= 15 is 0 Å². The Bertz CT molecular complexity index is 710. The number of halogens is 3. The number of hydrogen-bond donors (Lipinski definition) is 2. The SMILES string of the molecule is COC(=O)c1cc(Nc2cc(F)c(Br)cc2F)ncc1N. The molecule has 1 aromatic carbocycles. The Hall–Kier alpha value is -2.22. The third kappa shape index (κ3) is 3.27. The van der Waals surface area contributed by atoms with E-state index in [-0.39, 0.29) is 27.2 Å². The molecule has 0 bridgehead atoms. The number of hydrogen-bond acceptors (Lipinski definition) is 5. The average Bonchev–Trinajstić information content (AvgIpc) is 2.45. The molecule has 0 saturated heterocycles. The zero-order chi connectivity index (χ0) is 15.6. The summed E-state index contributed by atoms with van der Waals surface area (Å²) in [5.74, 6) is -1.84. The highest BCUT2D eigenvalue weighted by Gasteiger charge is 2.13. The zero-order valence-electron chi connectivity index (χ0n) is 10.8. The number of anilines is 3. The lowest BCUT2D eigenvalue weighted by atomic mass is 10.2. The minimum atomic E-state index is -0.679. The van der Waals surface area contributed by atoms with Crippen LogP contribution in [0.25, 0.3) is 0 Å². The van der Waals surface area contributed by atoms with E-state index in [4.69, 9.17) is 5.73 Å². The Morgan fingerprint density at radius 3 is 2.71 bits per heavy atom. The summed E-state index contributed by atoms with van der Waals surface area (Å²) < 4.78 is 31.7. The van der Waals surface area contributed by atoms with Crippen molar-refractivity contribution >= 4 is 39.1 Å². The first-order valence-electron chi connectivity index (χ1n) is 5.67. The number of nitrogens with zero attached hydrogens (tertiary/aromatic N) is 1. The number of methoxy groups -OCH3 is 1. The Balaban J connectivity index is 2.36. The summed E-state index contributed by atoms with van der Waals surface area (Å²) >= 11 is 2.88. The molecular weight excluding hydrogens is 348 g/mol. The van der Waals surface area contributed by atoms with Gasteiger partial charge in [0.05, 0.1) is 34.7 Å². The molecule has 5 nitrogen and oxygen atoms in total. The van der Waals surface area contributed by atoms with Gasteiger partial charge in [0, 0.05) is 6.07 Å². The van der Waals surface area contributed by atoms with Crippen molar-refractivity contribution in [2.24, 2.45) is 0 Å². The fourth-order valence-corrected chi connectivity index (χ4v) is 1.89. The first-order valence-corrected chi connectivity index (χ1v) is 6.47. The van der Waals surface area contributed by atoms with Gasteiger partial charge in [-0.1, -0.05) is 0 Å². The van der Waals surface area contributed by atoms with E-state index in [0.29, 0.717) is 0 Å². The van der Waals surface area contributed by atoms with E-state index in [1.807, 2.05) is 0 Å². The number of benzene rings is 1. The number of rotatable bonds is 3. The van der Waals surface area contributed by atoms with Gasteiger partial charge in [0.15, 0.2) is 0 Å². The van der Waals surface area contributed by atoms with Crippen LogP contribution in [0.3, 0.4) is 0 Å². The summed E-state index contributed by atoms with van der Waals surface area (Å²) in [6, 6.07) is 3.24. The Labute approximate surface area is 127 Å². The van der Waals surface area contributed by atoms with Gasteiger partial charge >= 0.3 is 5.97 Å². The van der Waals surface area contributed by atoms with Crippen molar-refractivity contribution in [2.45, 2.75) is 0 Å². The fraction of sp³-hybridized carbons (Fsp3) is 0.0769. The molecule has 3 N–H and O–H groups in total. The minimum Gasteiger partial charge on any atom is -0.465 e. The van der Waals surface area contributed by atoms with Crippen LogP contribution in [0.15, 0.2) is 28.9 Å². The standard InChI is InChI=1S/C13H10BrF2N3O2/c1-21-13(20)6-2-12(18-5-10(6)17)19-11-4-8(15)7(14)3-9(11)16/h2-5H,17H2,1H3,(H,18,19). The lowest BCUT2D eigenvalue weighted by molar-refractivity contribution is 0.0602. The van der Waals surface area contributed by atoms with Crippen molar-refractivity contribution in [3.8, 4) is 0 Å². The molecular formula is C13H10BrF2N3O2. The molecule has 0 fully saturated rings. The maximum atomic E-state index is 13.7. The molecule has 2 aromatic rings. The van der Waals surface area contributed by atoms with E-state index in [1.54, 1.807) is 0 Å². The summed E-state index contributed by atoms with van der Waals surface area (Å²) in [6.07, 6.45) is 1.22. The summed E-state index contributed by atoms with van der Waals surface area (Å²) in [6.45, 7) is 0. The molecule has 0 aliphatic heterocycles. The first-order chi connectivity index (χ1) is 9.92. The summed E-state index contributed by atoms with van der Waals surface area (Å²) in [5, 5.41) is 2.58. The van der Waals surface area contributed by atoms with Crippen molar-refractivity contribution in [1.29, 1.82) is 0 Å². The van der Waals surface area contributed by atoms with Gasteiger partial charge in [0.1, 0.15) is 17.5 Å². The Morgan fingerprint density at radius 1 is 1.33 bits per heavy atom. The van der Waals surface area contributed by atoms with E-state index in [9.17, 15) is 13.6 Å². The molecule has 0 atom stereocenters. The van der Waals surface area contributed by atoms with Crippen LogP contribution >= 0.6 is 15.9 Å². The first kappa shape index (κ1) is 15.2. The highest BCUT2D eigenvalue weighted by atomic mass is 79.9. The molecule has 0 unspecified atom stereocenters. The van der Waals surface area contributed by atoms with Gasteiger partial charge in [-0.05, 0) is 28.1 Å². The minimum absolute atomic E-state index is 0.00562. The molecule has 8 heteroatoms. The monoisotopic (exact) mass is 357 g/mol. The Morgan fingerprint density at radius 2 is 2.05 bits per heavy atom. The van der Waals surface area contributed by atoms with Crippen molar-refractivity contribution in [3.63, 3.8) is 0 Å². The number of ether oxygens (including phenoxy) is 1. The lowest BCUT2D eigenvalue weighted by Crippen LogP contribution is -2.08. The van der Waals surface area contributed by atoms with Crippen LogP contribution in [0.2, 0.25) is 0 Å². The van der Waals surface area contributed by atoms with Crippen molar-refractivity contribution in [2.75, 3.05) is 18.2 Å². The number of nitrogens with two attached hydrogens (primary N) is 1. The predicted molar refractivity (Wildman–Crippen MR) is 77.3 cm³/mol. The smallest absolute Gasteiger partial charge is 0.340 e. The third-order valence-corrected chi connectivity index (χ3v) is 3.22. The van der Waals surface area contributed by atoms with Crippen LogP contribution in [-0.4, -0.2) is 18.1 Å². The van der Waals surface area contributed by atoms with Gasteiger partial charge < -0.3 is 15.8 Å². The second kappa shape index (κ2) is 6.04. The topological polar surface area (TPSA) is 77.2 Å². The molecule has 110 valence electrons. The molecule has 0 spiro atoms. The normalized spacial score (nSPS) is 10.3. The van der Waals surface area contributed by atoms with Gasteiger partial charge in [-0.15, -0.1) is 0 Å². The molecule has 1 heterocycles. The molecule has 1 aromatic heterocycles. The molecule has 21 heavy (non-hydrogen) atoms. The second-order valence-corrected chi connectivity index (χ2v) is 4.87. The van der Waals surface area contributed by atoms with Gasteiger partial charge in [0.2, 0.25) is 0 Å². The quantitative estimate of drug-likeness (QED) is 0.651. The third-order valence-electron chi connectivity index (χ3n) is 2.61. The second-order valence-electron chi connectivity index (χ2n) is 4.02. The van der Waals surface area contributed by atoms with E-state index in [0.717, 1.165) is 12.1 Å². The van der Waals surface area contributed by atoms with Gasteiger partial charge in [-0.2, -0.15) is 0 Å².